The highest BCUT2D eigenvalue weighted by molar-refractivity contribution is 6.35. The maximum absolute atomic E-state index is 12.4. The molecule has 2 aromatic carbocycles. The molecule has 0 unspecified atom stereocenters. The zero-order chi connectivity index (χ0) is 21.8. The number of likely N-dealkylation sites (tertiary alicyclic amines) is 1. The van der Waals surface area contributed by atoms with Crippen LogP contribution in [0, 0.1) is 0 Å². The number of rotatable bonds is 5. The van der Waals surface area contributed by atoms with Crippen molar-refractivity contribution in [2.75, 3.05) is 20.1 Å². The molecule has 1 saturated heterocycles. The van der Waals surface area contributed by atoms with Crippen LogP contribution in [0.25, 0.3) is 10.9 Å². The minimum absolute atomic E-state index is 0.0397. The Morgan fingerprint density at radius 1 is 1.19 bits per heavy atom. The molecule has 3 aromatic rings. The summed E-state index contributed by atoms with van der Waals surface area (Å²) in [6.45, 7) is 3.06. The van der Waals surface area contributed by atoms with Crippen molar-refractivity contribution in [3.63, 3.8) is 0 Å². The van der Waals surface area contributed by atoms with Crippen molar-refractivity contribution in [2.24, 2.45) is 10.7 Å². The highest BCUT2D eigenvalue weighted by Crippen LogP contribution is 2.36. The Hall–Kier alpha value is -3.03. The summed E-state index contributed by atoms with van der Waals surface area (Å²) in [6.07, 6.45) is 3.77. The van der Waals surface area contributed by atoms with Crippen molar-refractivity contribution >= 4 is 34.4 Å². The molecule has 1 aliphatic rings. The summed E-state index contributed by atoms with van der Waals surface area (Å²) in [5, 5.41) is 3.84. The number of para-hydroxylation sites is 1. The molecule has 0 saturated carbocycles. The number of guanidine groups is 1. The zero-order valence-electron chi connectivity index (χ0n) is 17.5. The Morgan fingerprint density at radius 2 is 1.97 bits per heavy atom. The Kier molecular flexibility index (Phi) is 6.44. The fraction of sp³-hybridized carbons (Fsp3) is 0.304. The van der Waals surface area contributed by atoms with Crippen LogP contribution < -0.4 is 15.8 Å². The van der Waals surface area contributed by atoms with Gasteiger partial charge >= 0.3 is 0 Å². The molecular weight excluding hydrogens is 414 g/mol. The predicted octanol–water partition coefficient (Wildman–Crippen LogP) is 4.27. The molecule has 31 heavy (non-hydrogen) atoms. The first-order valence-electron chi connectivity index (χ1n) is 10.4. The number of benzene rings is 2. The summed E-state index contributed by atoms with van der Waals surface area (Å²) in [5.41, 5.74) is 7.66. The van der Waals surface area contributed by atoms with E-state index in [1.54, 1.807) is 25.2 Å². The lowest BCUT2D eigenvalue weighted by molar-refractivity contribution is 0.0998. The normalized spacial score (nSPS) is 15.2. The van der Waals surface area contributed by atoms with Gasteiger partial charge in [-0.2, -0.15) is 4.99 Å². The van der Waals surface area contributed by atoms with Crippen LogP contribution in [-0.2, 0) is 6.54 Å². The third kappa shape index (κ3) is 4.84. The minimum Gasteiger partial charge on any atom is -0.455 e. The number of piperidine rings is 1. The molecule has 1 aromatic heterocycles. The maximum atomic E-state index is 12.4. The van der Waals surface area contributed by atoms with E-state index in [1.165, 1.54) is 19.3 Å². The summed E-state index contributed by atoms with van der Waals surface area (Å²) in [5.74, 6) is 0.931. The van der Waals surface area contributed by atoms with E-state index in [2.05, 4.69) is 26.3 Å². The average molecular weight is 440 g/mol. The number of nitrogens with one attached hydrogen (secondary N) is 2. The first kappa shape index (κ1) is 21.2. The highest BCUT2D eigenvalue weighted by Gasteiger charge is 2.17. The Balaban J connectivity index is 1.65. The summed E-state index contributed by atoms with van der Waals surface area (Å²) in [6, 6.07) is 13.3. The van der Waals surface area contributed by atoms with Crippen LogP contribution in [0.4, 0.5) is 0 Å². The number of aromatic nitrogens is 1. The van der Waals surface area contributed by atoms with Crippen LogP contribution in [0.2, 0.25) is 5.02 Å². The summed E-state index contributed by atoms with van der Waals surface area (Å²) >= 11 is 6.38. The number of fused-ring (bicyclic) bond motifs is 1. The van der Waals surface area contributed by atoms with Crippen molar-refractivity contribution in [3.8, 4) is 11.5 Å². The van der Waals surface area contributed by atoms with Gasteiger partial charge in [0.05, 0.1) is 10.5 Å². The Morgan fingerprint density at radius 3 is 2.74 bits per heavy atom. The maximum Gasteiger partial charge on any atom is 0.296 e. The van der Waals surface area contributed by atoms with Gasteiger partial charge in [0.1, 0.15) is 11.4 Å². The molecule has 0 atom stereocenters. The number of ether oxygens (including phenoxy) is 1. The lowest BCUT2D eigenvalue weighted by Crippen LogP contribution is -2.29. The van der Waals surface area contributed by atoms with Crippen LogP contribution in [-0.4, -0.2) is 41.9 Å². The first-order chi connectivity index (χ1) is 15.0. The molecule has 0 spiro atoms. The fourth-order valence-corrected chi connectivity index (χ4v) is 4.01. The largest absolute Gasteiger partial charge is 0.455 e. The number of amides is 1. The van der Waals surface area contributed by atoms with Gasteiger partial charge in [-0.05, 0) is 50.2 Å². The van der Waals surface area contributed by atoms with Crippen LogP contribution in [0.1, 0.15) is 35.3 Å². The molecule has 4 rings (SSSR count). The molecule has 162 valence electrons. The predicted molar refractivity (Wildman–Crippen MR) is 124 cm³/mol. The first-order valence-corrected chi connectivity index (χ1v) is 10.8. The van der Waals surface area contributed by atoms with Crippen molar-refractivity contribution in [1.29, 1.82) is 0 Å². The molecule has 7 nitrogen and oxygen atoms in total. The van der Waals surface area contributed by atoms with Gasteiger partial charge in [-0.15, -0.1) is 0 Å². The van der Waals surface area contributed by atoms with E-state index in [1.807, 2.05) is 18.2 Å². The minimum atomic E-state index is -0.490. The van der Waals surface area contributed by atoms with Gasteiger partial charge in [0, 0.05) is 24.5 Å². The SMILES string of the molecule is CNC(N)=NC(=O)c1cc2c(Cl)ccc(Oc3ccccc3CN3CCCCC3)c2[nH]1. The Bertz CT molecular complexity index is 1120. The number of halogens is 1. The quantitative estimate of drug-likeness (QED) is 0.407. The molecule has 2 heterocycles. The van der Waals surface area contributed by atoms with Crippen LogP contribution >= 0.6 is 11.6 Å². The third-order valence-electron chi connectivity index (χ3n) is 5.45. The number of aromatic amines is 1. The van der Waals surface area contributed by atoms with E-state index in [0.29, 0.717) is 21.7 Å². The number of nitrogens with zero attached hydrogens (tertiary/aromatic N) is 2. The van der Waals surface area contributed by atoms with E-state index >= 15 is 0 Å². The lowest BCUT2D eigenvalue weighted by atomic mass is 10.1. The number of nitrogens with two attached hydrogens (primary N) is 1. The van der Waals surface area contributed by atoms with E-state index in [9.17, 15) is 4.79 Å². The fourth-order valence-electron chi connectivity index (χ4n) is 3.80. The summed E-state index contributed by atoms with van der Waals surface area (Å²) in [4.78, 5) is 21.8. The summed E-state index contributed by atoms with van der Waals surface area (Å²) < 4.78 is 6.31. The molecule has 1 amide bonds. The zero-order valence-corrected chi connectivity index (χ0v) is 18.2. The topological polar surface area (TPSA) is 95.7 Å². The van der Waals surface area contributed by atoms with Gasteiger partial charge in [0.2, 0.25) is 0 Å². The van der Waals surface area contributed by atoms with Gasteiger partial charge < -0.3 is 20.8 Å². The van der Waals surface area contributed by atoms with E-state index in [-0.39, 0.29) is 11.7 Å². The molecule has 4 N–H and O–H groups in total. The molecule has 0 aliphatic carbocycles. The standard InChI is InChI=1S/C23H26ClN5O2/c1-26-23(25)28-22(30)18-13-16-17(24)9-10-20(21(16)27-18)31-19-8-4-3-7-15(19)14-29-11-5-2-6-12-29/h3-4,7-10,13,27H,2,5-6,11-12,14H2,1H3,(H3,25,26,28,30). The Labute approximate surface area is 186 Å². The van der Waals surface area contributed by atoms with E-state index in [0.717, 1.165) is 30.9 Å². The van der Waals surface area contributed by atoms with Crippen LogP contribution in [0.15, 0.2) is 47.5 Å². The van der Waals surface area contributed by atoms with Gasteiger partial charge in [0.25, 0.3) is 5.91 Å². The molecule has 8 heteroatoms. The lowest BCUT2D eigenvalue weighted by Gasteiger charge is -2.27. The second-order valence-electron chi connectivity index (χ2n) is 7.62. The van der Waals surface area contributed by atoms with Crippen molar-refractivity contribution in [1.82, 2.24) is 15.2 Å². The van der Waals surface area contributed by atoms with Crippen molar-refractivity contribution in [3.05, 3.63) is 58.7 Å². The molecule has 1 aliphatic heterocycles. The average Bonchev–Trinajstić information content (AvgIpc) is 3.24. The number of aliphatic imine (C=N–C) groups is 1. The molecule has 0 bridgehead atoms. The number of hydrogen-bond donors (Lipinski definition) is 3. The van der Waals surface area contributed by atoms with Gasteiger partial charge in [-0.3, -0.25) is 9.69 Å². The summed E-state index contributed by atoms with van der Waals surface area (Å²) in [7, 11) is 1.60. The monoisotopic (exact) mass is 439 g/mol. The number of hydrogen-bond acceptors (Lipinski definition) is 3. The third-order valence-corrected chi connectivity index (χ3v) is 5.78. The number of H-pyrrole nitrogens is 1. The van der Waals surface area contributed by atoms with Crippen molar-refractivity contribution in [2.45, 2.75) is 25.8 Å². The van der Waals surface area contributed by atoms with Gasteiger partial charge in [-0.1, -0.05) is 36.2 Å². The second-order valence-corrected chi connectivity index (χ2v) is 8.02. The smallest absolute Gasteiger partial charge is 0.296 e. The molecule has 0 radical (unpaired) electrons. The van der Waals surface area contributed by atoms with E-state index in [4.69, 9.17) is 22.1 Å². The second kappa shape index (κ2) is 9.41. The van der Waals surface area contributed by atoms with Crippen molar-refractivity contribution < 1.29 is 9.53 Å². The van der Waals surface area contributed by atoms with Gasteiger partial charge in [-0.25, -0.2) is 0 Å². The van der Waals surface area contributed by atoms with Crippen LogP contribution in [0.5, 0.6) is 11.5 Å². The number of carbonyl (C=O) groups excluding carboxylic acids is 1. The molecular formula is C23H26ClN5O2. The highest BCUT2D eigenvalue weighted by atomic mass is 35.5. The van der Waals surface area contributed by atoms with Gasteiger partial charge in [0.15, 0.2) is 11.7 Å². The van der Waals surface area contributed by atoms with Crippen LogP contribution in [0.3, 0.4) is 0 Å². The molecule has 1 fully saturated rings. The number of carbonyl (C=O) groups is 1. The van der Waals surface area contributed by atoms with E-state index < -0.39 is 5.91 Å².